The second kappa shape index (κ2) is 5.49. The SMILES string of the molecule is CNC[C@H](F)C[C@@H]1CCCCO1. The average molecular weight is 175 g/mol. The van der Waals surface area contributed by atoms with Gasteiger partial charge in [-0.05, 0) is 26.3 Å². The van der Waals surface area contributed by atoms with Crippen LogP contribution in [0.4, 0.5) is 4.39 Å². The minimum absolute atomic E-state index is 0.169. The number of ether oxygens (including phenoxy) is 1. The van der Waals surface area contributed by atoms with Crippen molar-refractivity contribution >= 4 is 0 Å². The Morgan fingerprint density at radius 2 is 2.42 bits per heavy atom. The molecule has 3 heteroatoms. The summed E-state index contributed by atoms with van der Waals surface area (Å²) in [6.07, 6.45) is 3.33. The number of hydrogen-bond acceptors (Lipinski definition) is 2. The molecule has 0 aromatic rings. The molecule has 0 amide bonds. The first kappa shape index (κ1) is 9.93. The van der Waals surface area contributed by atoms with E-state index in [1.807, 2.05) is 0 Å². The molecule has 1 rings (SSSR count). The Hall–Kier alpha value is -0.150. The molecule has 0 aromatic carbocycles. The van der Waals surface area contributed by atoms with Crippen molar-refractivity contribution in [2.75, 3.05) is 20.2 Å². The van der Waals surface area contributed by atoms with Crippen LogP contribution in [-0.2, 0) is 4.74 Å². The molecular formula is C9H18FNO. The third-order valence-corrected chi connectivity index (χ3v) is 2.22. The van der Waals surface area contributed by atoms with Gasteiger partial charge in [-0.3, -0.25) is 0 Å². The van der Waals surface area contributed by atoms with E-state index in [4.69, 9.17) is 4.74 Å². The number of rotatable bonds is 4. The number of alkyl halides is 1. The van der Waals surface area contributed by atoms with Crippen molar-refractivity contribution in [3.8, 4) is 0 Å². The van der Waals surface area contributed by atoms with E-state index in [1.54, 1.807) is 7.05 Å². The van der Waals surface area contributed by atoms with Gasteiger partial charge in [0.05, 0.1) is 6.10 Å². The summed E-state index contributed by atoms with van der Waals surface area (Å²) in [4.78, 5) is 0. The van der Waals surface area contributed by atoms with Crippen LogP contribution in [0.15, 0.2) is 0 Å². The Kier molecular flexibility index (Phi) is 4.54. The summed E-state index contributed by atoms with van der Waals surface area (Å²) < 4.78 is 18.5. The van der Waals surface area contributed by atoms with Crippen molar-refractivity contribution in [2.24, 2.45) is 0 Å². The van der Waals surface area contributed by atoms with Crippen molar-refractivity contribution in [2.45, 2.75) is 38.0 Å². The van der Waals surface area contributed by atoms with Crippen LogP contribution in [0.5, 0.6) is 0 Å². The topological polar surface area (TPSA) is 21.3 Å². The van der Waals surface area contributed by atoms with Crippen LogP contribution in [0.3, 0.4) is 0 Å². The predicted molar refractivity (Wildman–Crippen MR) is 47.0 cm³/mol. The highest BCUT2D eigenvalue weighted by atomic mass is 19.1. The maximum Gasteiger partial charge on any atom is 0.115 e. The van der Waals surface area contributed by atoms with Gasteiger partial charge in [-0.15, -0.1) is 0 Å². The van der Waals surface area contributed by atoms with E-state index in [9.17, 15) is 4.39 Å². The summed E-state index contributed by atoms with van der Waals surface area (Å²) in [7, 11) is 1.77. The second-order valence-corrected chi connectivity index (χ2v) is 3.38. The zero-order valence-corrected chi connectivity index (χ0v) is 7.68. The third-order valence-electron chi connectivity index (χ3n) is 2.22. The van der Waals surface area contributed by atoms with Crippen LogP contribution in [0, 0.1) is 0 Å². The van der Waals surface area contributed by atoms with Crippen LogP contribution >= 0.6 is 0 Å². The molecule has 0 aliphatic carbocycles. The first-order valence-electron chi connectivity index (χ1n) is 4.73. The van der Waals surface area contributed by atoms with E-state index in [2.05, 4.69) is 5.32 Å². The fourth-order valence-corrected chi connectivity index (χ4v) is 1.58. The van der Waals surface area contributed by atoms with E-state index in [0.29, 0.717) is 13.0 Å². The largest absolute Gasteiger partial charge is 0.378 e. The maximum atomic E-state index is 13.0. The molecule has 0 bridgehead atoms. The van der Waals surface area contributed by atoms with Gasteiger partial charge in [0.15, 0.2) is 0 Å². The zero-order chi connectivity index (χ0) is 8.81. The van der Waals surface area contributed by atoms with E-state index < -0.39 is 6.17 Å². The number of hydrogen-bond donors (Lipinski definition) is 1. The smallest absolute Gasteiger partial charge is 0.115 e. The van der Waals surface area contributed by atoms with E-state index in [1.165, 1.54) is 6.42 Å². The lowest BCUT2D eigenvalue weighted by atomic mass is 10.0. The highest BCUT2D eigenvalue weighted by molar-refractivity contribution is 4.69. The van der Waals surface area contributed by atoms with Crippen LogP contribution in [0.2, 0.25) is 0 Å². The average Bonchev–Trinajstić information content (AvgIpc) is 2.06. The minimum atomic E-state index is -0.752. The molecule has 2 nitrogen and oxygen atoms in total. The monoisotopic (exact) mass is 175 g/mol. The molecule has 0 spiro atoms. The predicted octanol–water partition coefficient (Wildman–Crippen LogP) is 1.50. The lowest BCUT2D eigenvalue weighted by Gasteiger charge is -2.23. The Bertz CT molecular complexity index is 115. The molecule has 12 heavy (non-hydrogen) atoms. The summed E-state index contributed by atoms with van der Waals surface area (Å²) in [6.45, 7) is 1.26. The lowest BCUT2D eigenvalue weighted by Crippen LogP contribution is -2.28. The molecule has 72 valence electrons. The maximum absolute atomic E-state index is 13.0. The molecule has 2 atom stereocenters. The Balaban J connectivity index is 2.11. The van der Waals surface area contributed by atoms with Gasteiger partial charge in [-0.25, -0.2) is 4.39 Å². The van der Waals surface area contributed by atoms with E-state index >= 15 is 0 Å². The van der Waals surface area contributed by atoms with Gasteiger partial charge in [-0.2, -0.15) is 0 Å². The quantitative estimate of drug-likeness (QED) is 0.699. The Morgan fingerprint density at radius 1 is 1.58 bits per heavy atom. The highest BCUT2D eigenvalue weighted by Gasteiger charge is 2.18. The van der Waals surface area contributed by atoms with Gasteiger partial charge < -0.3 is 10.1 Å². The van der Waals surface area contributed by atoms with Gasteiger partial charge >= 0.3 is 0 Å². The normalized spacial score (nSPS) is 27.0. The van der Waals surface area contributed by atoms with Crippen molar-refractivity contribution in [3.63, 3.8) is 0 Å². The summed E-state index contributed by atoms with van der Waals surface area (Å²) in [5, 5.41) is 2.83. The van der Waals surface area contributed by atoms with Crippen LogP contribution in [-0.4, -0.2) is 32.5 Å². The molecule has 1 aliphatic rings. The molecule has 1 N–H and O–H groups in total. The van der Waals surface area contributed by atoms with Gasteiger partial charge in [0.1, 0.15) is 6.17 Å². The van der Waals surface area contributed by atoms with Gasteiger partial charge in [0.2, 0.25) is 0 Å². The molecule has 0 radical (unpaired) electrons. The summed E-state index contributed by atoms with van der Waals surface area (Å²) >= 11 is 0. The fraction of sp³-hybridized carbons (Fsp3) is 1.00. The molecule has 1 saturated heterocycles. The molecular weight excluding hydrogens is 157 g/mol. The molecule has 1 aliphatic heterocycles. The number of nitrogens with one attached hydrogen (secondary N) is 1. The van der Waals surface area contributed by atoms with Crippen molar-refractivity contribution in [1.82, 2.24) is 5.32 Å². The Labute approximate surface area is 73.5 Å². The molecule has 0 aromatic heterocycles. The van der Waals surface area contributed by atoms with Crippen LogP contribution < -0.4 is 5.32 Å². The first-order chi connectivity index (χ1) is 5.83. The zero-order valence-electron chi connectivity index (χ0n) is 7.68. The molecule has 0 saturated carbocycles. The van der Waals surface area contributed by atoms with Gasteiger partial charge in [-0.1, -0.05) is 0 Å². The number of halogens is 1. The lowest BCUT2D eigenvalue weighted by molar-refractivity contribution is -0.00206. The van der Waals surface area contributed by atoms with E-state index in [0.717, 1.165) is 19.4 Å². The molecule has 0 unspecified atom stereocenters. The Morgan fingerprint density at radius 3 is 3.00 bits per heavy atom. The molecule has 1 fully saturated rings. The minimum Gasteiger partial charge on any atom is -0.378 e. The fourth-order valence-electron chi connectivity index (χ4n) is 1.58. The standard InChI is InChI=1S/C9H18FNO/c1-11-7-8(10)6-9-4-2-3-5-12-9/h8-9,11H,2-7H2,1H3/t8-,9+/m1/s1. The second-order valence-electron chi connectivity index (χ2n) is 3.38. The van der Waals surface area contributed by atoms with Crippen LogP contribution in [0.25, 0.3) is 0 Å². The molecule has 1 heterocycles. The van der Waals surface area contributed by atoms with Gasteiger partial charge in [0, 0.05) is 19.6 Å². The van der Waals surface area contributed by atoms with Gasteiger partial charge in [0.25, 0.3) is 0 Å². The van der Waals surface area contributed by atoms with Crippen LogP contribution in [0.1, 0.15) is 25.7 Å². The summed E-state index contributed by atoms with van der Waals surface area (Å²) in [5.74, 6) is 0. The van der Waals surface area contributed by atoms with Crippen molar-refractivity contribution < 1.29 is 9.13 Å². The summed E-state index contributed by atoms with van der Waals surface area (Å²) in [6, 6.07) is 0. The highest BCUT2D eigenvalue weighted by Crippen LogP contribution is 2.17. The van der Waals surface area contributed by atoms with E-state index in [-0.39, 0.29) is 6.10 Å². The van der Waals surface area contributed by atoms with Crippen molar-refractivity contribution in [1.29, 1.82) is 0 Å². The third kappa shape index (κ3) is 3.50. The first-order valence-corrected chi connectivity index (χ1v) is 4.73. The van der Waals surface area contributed by atoms with Crippen molar-refractivity contribution in [3.05, 3.63) is 0 Å². The summed E-state index contributed by atoms with van der Waals surface area (Å²) in [5.41, 5.74) is 0.